The molecular formula is C14H15Cl2NO. The number of benzene rings is 1. The molecule has 96 valence electrons. The van der Waals surface area contributed by atoms with Crippen molar-refractivity contribution in [3.8, 4) is 0 Å². The predicted molar refractivity (Wildman–Crippen MR) is 75.4 cm³/mol. The zero-order chi connectivity index (χ0) is 13.1. The van der Waals surface area contributed by atoms with Gasteiger partial charge in [0.1, 0.15) is 5.76 Å². The third-order valence-electron chi connectivity index (χ3n) is 2.57. The molecule has 0 saturated carbocycles. The van der Waals surface area contributed by atoms with Crippen molar-refractivity contribution in [3.63, 3.8) is 0 Å². The molecule has 0 saturated heterocycles. The van der Waals surface area contributed by atoms with Gasteiger partial charge in [-0.15, -0.1) is 0 Å². The van der Waals surface area contributed by atoms with Crippen LogP contribution in [0.25, 0.3) is 0 Å². The highest BCUT2D eigenvalue weighted by molar-refractivity contribution is 6.42. The third-order valence-corrected chi connectivity index (χ3v) is 3.31. The molecule has 0 radical (unpaired) electrons. The molecule has 0 aliphatic rings. The van der Waals surface area contributed by atoms with Crippen LogP contribution in [0.3, 0.4) is 0 Å². The Bertz CT molecular complexity index is 534. The van der Waals surface area contributed by atoms with Gasteiger partial charge in [0.05, 0.1) is 22.9 Å². The summed E-state index contributed by atoms with van der Waals surface area (Å²) in [6, 6.07) is 7.76. The van der Waals surface area contributed by atoms with E-state index in [1.54, 1.807) is 6.26 Å². The van der Waals surface area contributed by atoms with Crippen molar-refractivity contribution in [3.05, 3.63) is 57.5 Å². The van der Waals surface area contributed by atoms with E-state index in [0.717, 1.165) is 29.9 Å². The first-order valence-electron chi connectivity index (χ1n) is 5.69. The molecular weight excluding hydrogens is 269 g/mol. The molecule has 1 aromatic carbocycles. The van der Waals surface area contributed by atoms with Gasteiger partial charge in [-0.1, -0.05) is 29.3 Å². The Morgan fingerprint density at radius 1 is 1.06 bits per heavy atom. The largest absolute Gasteiger partial charge is 0.468 e. The van der Waals surface area contributed by atoms with E-state index >= 15 is 0 Å². The number of nitrogens with zero attached hydrogens (tertiary/aromatic N) is 1. The van der Waals surface area contributed by atoms with Crippen LogP contribution in [-0.4, -0.2) is 19.0 Å². The molecule has 0 aliphatic carbocycles. The van der Waals surface area contributed by atoms with Crippen LogP contribution in [0.2, 0.25) is 10.0 Å². The van der Waals surface area contributed by atoms with Crippen molar-refractivity contribution in [1.29, 1.82) is 0 Å². The van der Waals surface area contributed by atoms with Gasteiger partial charge in [-0.25, -0.2) is 0 Å². The van der Waals surface area contributed by atoms with Crippen LogP contribution in [0.5, 0.6) is 0 Å². The summed E-state index contributed by atoms with van der Waals surface area (Å²) in [5.41, 5.74) is 2.27. The van der Waals surface area contributed by atoms with Gasteiger partial charge in [-0.3, -0.25) is 0 Å². The third kappa shape index (κ3) is 3.52. The number of rotatable bonds is 4. The normalized spacial score (nSPS) is 11.2. The lowest BCUT2D eigenvalue weighted by Crippen LogP contribution is -2.09. The maximum atomic E-state index is 5.99. The molecule has 0 aliphatic heterocycles. The molecule has 0 bridgehead atoms. The molecule has 0 atom stereocenters. The maximum Gasteiger partial charge on any atom is 0.118 e. The minimum atomic E-state index is 0.584. The molecule has 0 amide bonds. The number of hydrogen-bond donors (Lipinski definition) is 0. The molecule has 0 unspecified atom stereocenters. The van der Waals surface area contributed by atoms with Gasteiger partial charge in [0.25, 0.3) is 0 Å². The number of halogens is 2. The molecule has 0 spiro atoms. The van der Waals surface area contributed by atoms with Crippen molar-refractivity contribution >= 4 is 23.2 Å². The number of furan rings is 1. The summed E-state index contributed by atoms with van der Waals surface area (Å²) >= 11 is 11.9. The molecule has 0 fully saturated rings. The first kappa shape index (κ1) is 13.5. The van der Waals surface area contributed by atoms with E-state index in [2.05, 4.69) is 11.0 Å². The summed E-state index contributed by atoms with van der Waals surface area (Å²) in [5, 5.41) is 1.17. The average Bonchev–Trinajstić information content (AvgIpc) is 2.70. The standard InChI is InChI=1S/C14H15Cl2NO/c1-17(2)8-12-6-11(9-18-12)5-10-3-4-13(15)14(16)7-10/h3-4,6-7,9H,5,8H2,1-2H3. The van der Waals surface area contributed by atoms with Crippen LogP contribution in [0.4, 0.5) is 0 Å². The lowest BCUT2D eigenvalue weighted by Gasteiger charge is -2.05. The summed E-state index contributed by atoms with van der Waals surface area (Å²) in [4.78, 5) is 2.07. The molecule has 1 aromatic heterocycles. The van der Waals surface area contributed by atoms with Gasteiger partial charge in [0.2, 0.25) is 0 Å². The van der Waals surface area contributed by atoms with E-state index in [9.17, 15) is 0 Å². The van der Waals surface area contributed by atoms with Gasteiger partial charge < -0.3 is 9.32 Å². The Kier molecular flexibility index (Phi) is 4.33. The molecule has 2 rings (SSSR count). The van der Waals surface area contributed by atoms with Crippen LogP contribution >= 0.6 is 23.2 Å². The second kappa shape index (κ2) is 5.79. The Morgan fingerprint density at radius 2 is 1.83 bits per heavy atom. The fourth-order valence-electron chi connectivity index (χ4n) is 1.80. The van der Waals surface area contributed by atoms with Gasteiger partial charge in [0.15, 0.2) is 0 Å². The van der Waals surface area contributed by atoms with E-state index in [0.29, 0.717) is 10.0 Å². The van der Waals surface area contributed by atoms with E-state index in [4.69, 9.17) is 27.6 Å². The lowest BCUT2D eigenvalue weighted by molar-refractivity contribution is 0.350. The molecule has 4 heteroatoms. The maximum absolute atomic E-state index is 5.99. The van der Waals surface area contributed by atoms with E-state index < -0.39 is 0 Å². The zero-order valence-electron chi connectivity index (χ0n) is 10.4. The van der Waals surface area contributed by atoms with Crippen LogP contribution in [-0.2, 0) is 13.0 Å². The van der Waals surface area contributed by atoms with Crippen molar-refractivity contribution < 1.29 is 4.42 Å². The van der Waals surface area contributed by atoms with Crippen molar-refractivity contribution in [2.24, 2.45) is 0 Å². The molecule has 0 N–H and O–H groups in total. The quantitative estimate of drug-likeness (QED) is 0.835. The van der Waals surface area contributed by atoms with Crippen LogP contribution in [0, 0.1) is 0 Å². The fraction of sp³-hybridized carbons (Fsp3) is 0.286. The van der Waals surface area contributed by atoms with Crippen molar-refractivity contribution in [2.45, 2.75) is 13.0 Å². The van der Waals surface area contributed by atoms with Crippen molar-refractivity contribution in [2.75, 3.05) is 14.1 Å². The van der Waals surface area contributed by atoms with Gasteiger partial charge in [0, 0.05) is 6.42 Å². The molecule has 18 heavy (non-hydrogen) atoms. The second-order valence-electron chi connectivity index (χ2n) is 4.58. The summed E-state index contributed by atoms with van der Waals surface area (Å²) < 4.78 is 5.50. The van der Waals surface area contributed by atoms with Gasteiger partial charge in [-0.2, -0.15) is 0 Å². The minimum absolute atomic E-state index is 0.584. The van der Waals surface area contributed by atoms with Gasteiger partial charge >= 0.3 is 0 Å². The van der Waals surface area contributed by atoms with Crippen LogP contribution < -0.4 is 0 Å². The van der Waals surface area contributed by atoms with Gasteiger partial charge in [-0.05, 0) is 43.4 Å². The average molecular weight is 284 g/mol. The summed E-state index contributed by atoms with van der Waals surface area (Å²) in [5.74, 6) is 0.968. The zero-order valence-corrected chi connectivity index (χ0v) is 11.9. The Balaban J connectivity index is 2.08. The van der Waals surface area contributed by atoms with Crippen molar-refractivity contribution in [1.82, 2.24) is 4.90 Å². The Labute approximate surface area is 117 Å². The first-order valence-corrected chi connectivity index (χ1v) is 6.45. The van der Waals surface area contributed by atoms with Crippen LogP contribution in [0.1, 0.15) is 16.9 Å². The minimum Gasteiger partial charge on any atom is -0.468 e. The molecule has 2 aromatic rings. The smallest absolute Gasteiger partial charge is 0.118 e. The highest BCUT2D eigenvalue weighted by Crippen LogP contribution is 2.24. The van der Waals surface area contributed by atoms with E-state index in [1.807, 2.05) is 32.3 Å². The second-order valence-corrected chi connectivity index (χ2v) is 5.40. The molecule has 2 nitrogen and oxygen atoms in total. The Hall–Kier alpha value is -0.960. The topological polar surface area (TPSA) is 16.4 Å². The summed E-state index contributed by atoms with van der Waals surface area (Å²) in [6.45, 7) is 0.807. The highest BCUT2D eigenvalue weighted by Gasteiger charge is 2.05. The lowest BCUT2D eigenvalue weighted by atomic mass is 10.1. The number of hydrogen-bond acceptors (Lipinski definition) is 2. The Morgan fingerprint density at radius 3 is 2.50 bits per heavy atom. The molecule has 1 heterocycles. The summed E-state index contributed by atoms with van der Waals surface area (Å²) in [7, 11) is 4.03. The monoisotopic (exact) mass is 283 g/mol. The summed E-state index contributed by atoms with van der Waals surface area (Å²) in [6.07, 6.45) is 2.59. The van der Waals surface area contributed by atoms with E-state index in [1.165, 1.54) is 0 Å². The predicted octanol–water partition coefficient (Wildman–Crippen LogP) is 4.24. The first-order chi connectivity index (χ1) is 8.54. The van der Waals surface area contributed by atoms with E-state index in [-0.39, 0.29) is 0 Å². The highest BCUT2D eigenvalue weighted by atomic mass is 35.5. The van der Waals surface area contributed by atoms with Crippen LogP contribution in [0.15, 0.2) is 34.9 Å². The fourth-order valence-corrected chi connectivity index (χ4v) is 2.12. The SMILES string of the molecule is CN(C)Cc1cc(Cc2ccc(Cl)c(Cl)c2)co1.